The van der Waals surface area contributed by atoms with Crippen LogP contribution in [0.4, 0.5) is 0 Å². The van der Waals surface area contributed by atoms with Crippen molar-refractivity contribution in [2.75, 3.05) is 6.54 Å². The smallest absolute Gasteiger partial charge is 0.273 e. The van der Waals surface area contributed by atoms with Crippen LogP contribution >= 0.6 is 0 Å². The summed E-state index contributed by atoms with van der Waals surface area (Å²) in [6.45, 7) is 6.63. The maximum absolute atomic E-state index is 11.6. The molecule has 0 aliphatic heterocycles. The summed E-state index contributed by atoms with van der Waals surface area (Å²) in [4.78, 5) is 0. The van der Waals surface area contributed by atoms with Gasteiger partial charge in [0.25, 0.3) is 10.0 Å². The van der Waals surface area contributed by atoms with Crippen molar-refractivity contribution in [3.8, 4) is 0 Å². The van der Waals surface area contributed by atoms with Gasteiger partial charge >= 0.3 is 0 Å². The van der Waals surface area contributed by atoms with Gasteiger partial charge in [-0.15, -0.1) is 0 Å². The fraction of sp³-hybridized carbons (Fsp3) is 0.600. The van der Waals surface area contributed by atoms with Gasteiger partial charge in [-0.3, -0.25) is 0 Å². The van der Waals surface area contributed by atoms with Gasteiger partial charge in [-0.25, -0.2) is 13.1 Å². The van der Waals surface area contributed by atoms with Crippen LogP contribution in [0.15, 0.2) is 21.6 Å². The minimum atomic E-state index is -3.47. The van der Waals surface area contributed by atoms with Crippen LogP contribution in [0.25, 0.3) is 0 Å². The summed E-state index contributed by atoms with van der Waals surface area (Å²) < 4.78 is 30.7. The van der Waals surface area contributed by atoms with Gasteiger partial charge in [0, 0.05) is 12.6 Å². The molecule has 92 valence electrons. The summed E-state index contributed by atoms with van der Waals surface area (Å²) in [6.07, 6.45) is 0. The number of furan rings is 1. The molecule has 0 atom stereocenters. The lowest BCUT2D eigenvalue weighted by molar-refractivity contribution is 0.393. The molecule has 2 N–H and O–H groups in total. The van der Waals surface area contributed by atoms with Crippen molar-refractivity contribution in [1.82, 2.24) is 10.0 Å². The zero-order valence-corrected chi connectivity index (χ0v) is 10.6. The van der Waals surface area contributed by atoms with E-state index in [2.05, 4.69) is 10.0 Å². The van der Waals surface area contributed by atoms with Crippen LogP contribution in [0.3, 0.4) is 0 Å². The molecule has 0 radical (unpaired) electrons. The summed E-state index contributed by atoms with van der Waals surface area (Å²) in [5, 5.41) is 3.12. The molecule has 0 aliphatic carbocycles. The molecule has 0 unspecified atom stereocenters. The Labute approximate surface area is 96.3 Å². The molecule has 0 saturated heterocycles. The van der Waals surface area contributed by atoms with Crippen molar-refractivity contribution in [2.24, 2.45) is 0 Å². The molecule has 0 spiro atoms. The van der Waals surface area contributed by atoms with Gasteiger partial charge in [0.05, 0.1) is 6.54 Å². The van der Waals surface area contributed by atoms with Gasteiger partial charge in [0.1, 0.15) is 5.76 Å². The molecular weight excluding hydrogens is 228 g/mol. The average Bonchev–Trinajstić information content (AvgIpc) is 2.63. The van der Waals surface area contributed by atoms with Crippen molar-refractivity contribution in [1.29, 1.82) is 0 Å². The third-order valence-electron chi connectivity index (χ3n) is 1.92. The Balaban J connectivity index is 2.71. The van der Waals surface area contributed by atoms with Gasteiger partial charge in [-0.2, -0.15) is 0 Å². The van der Waals surface area contributed by atoms with Crippen molar-refractivity contribution in [2.45, 2.75) is 38.5 Å². The number of nitrogens with one attached hydrogen (secondary N) is 2. The molecule has 0 saturated carbocycles. The maximum Gasteiger partial charge on any atom is 0.273 e. The Morgan fingerprint density at radius 2 is 2.06 bits per heavy atom. The summed E-state index contributed by atoms with van der Waals surface area (Å²) in [6, 6.07) is 3.47. The van der Waals surface area contributed by atoms with Gasteiger partial charge in [-0.1, -0.05) is 20.8 Å². The number of hydrogen-bond donors (Lipinski definition) is 2. The second-order valence-electron chi connectivity index (χ2n) is 3.76. The van der Waals surface area contributed by atoms with Crippen LogP contribution in [0.2, 0.25) is 0 Å². The molecule has 0 bridgehead atoms. The monoisotopic (exact) mass is 246 g/mol. The van der Waals surface area contributed by atoms with Crippen molar-refractivity contribution < 1.29 is 12.8 Å². The molecule has 0 amide bonds. The number of hydrogen-bond acceptors (Lipinski definition) is 4. The van der Waals surface area contributed by atoms with Gasteiger partial charge < -0.3 is 9.73 Å². The van der Waals surface area contributed by atoms with Gasteiger partial charge in [0.15, 0.2) is 0 Å². The van der Waals surface area contributed by atoms with E-state index in [1.54, 1.807) is 13.0 Å². The van der Waals surface area contributed by atoms with Crippen LogP contribution in [0.5, 0.6) is 0 Å². The lowest BCUT2D eigenvalue weighted by Crippen LogP contribution is -2.23. The fourth-order valence-corrected chi connectivity index (χ4v) is 2.15. The third-order valence-corrected chi connectivity index (χ3v) is 3.34. The molecule has 16 heavy (non-hydrogen) atoms. The second-order valence-corrected chi connectivity index (χ2v) is 5.46. The van der Waals surface area contributed by atoms with Crippen LogP contribution in [-0.2, 0) is 16.6 Å². The Morgan fingerprint density at radius 1 is 1.38 bits per heavy atom. The molecule has 6 heteroatoms. The molecule has 0 aromatic carbocycles. The van der Waals surface area contributed by atoms with E-state index in [1.807, 2.05) is 13.8 Å². The number of sulfonamides is 1. The molecule has 1 aromatic heterocycles. The predicted molar refractivity (Wildman–Crippen MR) is 61.5 cm³/mol. The maximum atomic E-state index is 11.6. The lowest BCUT2D eigenvalue weighted by atomic mass is 10.3. The zero-order chi connectivity index (χ0) is 12.2. The van der Waals surface area contributed by atoms with Crippen LogP contribution in [-0.4, -0.2) is 21.0 Å². The highest BCUT2D eigenvalue weighted by Crippen LogP contribution is 2.13. The predicted octanol–water partition coefficient (Wildman–Crippen LogP) is 1.08. The lowest BCUT2D eigenvalue weighted by Gasteiger charge is -2.05. The Morgan fingerprint density at radius 3 is 2.62 bits per heavy atom. The Kier molecular flexibility index (Phi) is 4.52. The summed E-state index contributed by atoms with van der Waals surface area (Å²) in [5.41, 5.74) is 0. The van der Waals surface area contributed by atoms with Crippen LogP contribution in [0, 0.1) is 0 Å². The van der Waals surface area contributed by atoms with E-state index in [1.165, 1.54) is 6.07 Å². The molecular formula is C10H18N2O3S. The first-order valence-electron chi connectivity index (χ1n) is 5.27. The highest BCUT2D eigenvalue weighted by molar-refractivity contribution is 7.89. The van der Waals surface area contributed by atoms with E-state index < -0.39 is 10.0 Å². The quantitative estimate of drug-likeness (QED) is 0.788. The average molecular weight is 246 g/mol. The van der Waals surface area contributed by atoms with Crippen LogP contribution < -0.4 is 10.0 Å². The van der Waals surface area contributed by atoms with E-state index in [0.29, 0.717) is 24.9 Å². The van der Waals surface area contributed by atoms with E-state index in [0.717, 1.165) is 0 Å². The molecule has 1 rings (SSSR count). The zero-order valence-electron chi connectivity index (χ0n) is 9.78. The minimum Gasteiger partial charge on any atom is -0.447 e. The van der Waals surface area contributed by atoms with Gasteiger partial charge in [-0.05, 0) is 12.1 Å². The Hall–Kier alpha value is -0.850. The topological polar surface area (TPSA) is 71.3 Å². The summed E-state index contributed by atoms with van der Waals surface area (Å²) in [7, 11) is -3.47. The van der Waals surface area contributed by atoms with Crippen LogP contribution in [0.1, 0.15) is 26.5 Å². The second kappa shape index (κ2) is 5.47. The van der Waals surface area contributed by atoms with E-state index in [-0.39, 0.29) is 5.09 Å². The molecule has 5 nitrogen and oxygen atoms in total. The minimum absolute atomic E-state index is 0.0325. The fourth-order valence-electron chi connectivity index (χ4n) is 1.16. The molecule has 1 heterocycles. The first-order chi connectivity index (χ1) is 7.45. The third kappa shape index (κ3) is 3.62. The standard InChI is InChI=1S/C10H18N2O3S/c1-4-12-16(13,14)10-6-5-9(15-10)7-11-8(2)3/h5-6,8,11-12H,4,7H2,1-3H3. The first-order valence-corrected chi connectivity index (χ1v) is 6.75. The molecule has 0 aliphatic rings. The van der Waals surface area contributed by atoms with Crippen molar-refractivity contribution in [3.63, 3.8) is 0 Å². The SMILES string of the molecule is CCNS(=O)(=O)c1ccc(CNC(C)C)o1. The normalized spacial score (nSPS) is 12.2. The first kappa shape index (κ1) is 13.2. The van der Waals surface area contributed by atoms with Crippen molar-refractivity contribution >= 4 is 10.0 Å². The van der Waals surface area contributed by atoms with Crippen molar-refractivity contribution in [3.05, 3.63) is 17.9 Å². The summed E-state index contributed by atoms with van der Waals surface area (Å²) in [5.74, 6) is 0.616. The number of rotatable bonds is 6. The van der Waals surface area contributed by atoms with Gasteiger partial charge in [0.2, 0.25) is 5.09 Å². The largest absolute Gasteiger partial charge is 0.447 e. The van der Waals surface area contributed by atoms with E-state index >= 15 is 0 Å². The van der Waals surface area contributed by atoms with E-state index in [4.69, 9.17) is 4.42 Å². The van der Waals surface area contributed by atoms with E-state index in [9.17, 15) is 8.42 Å². The Bertz CT molecular complexity index is 423. The molecule has 0 fully saturated rings. The highest BCUT2D eigenvalue weighted by Gasteiger charge is 2.17. The highest BCUT2D eigenvalue weighted by atomic mass is 32.2. The summed E-state index contributed by atoms with van der Waals surface area (Å²) >= 11 is 0. The molecule has 1 aromatic rings.